The van der Waals surface area contributed by atoms with Crippen LogP contribution in [-0.2, 0) is 12.8 Å². The number of nitro benzene ring substituents is 1. The summed E-state index contributed by atoms with van der Waals surface area (Å²) in [6, 6.07) is 21.0. The van der Waals surface area contributed by atoms with Gasteiger partial charge in [-0.25, -0.2) is 0 Å². The lowest BCUT2D eigenvalue weighted by Gasteiger charge is -1.99. The van der Waals surface area contributed by atoms with Crippen LogP contribution in [0.1, 0.15) is 36.8 Å². The molecular formula is C20H21N3O2. The highest BCUT2D eigenvalue weighted by atomic mass is 16.6. The predicted molar refractivity (Wildman–Crippen MR) is 96.6 cm³/mol. The molecule has 0 radical (unpaired) electrons. The van der Waals surface area contributed by atoms with E-state index in [0.29, 0.717) is 31.2 Å². The molecule has 0 unspecified atom stereocenters. The first-order valence-electron chi connectivity index (χ1n) is 8.19. The minimum Gasteiger partial charge on any atom is -0.258 e. The first-order chi connectivity index (χ1) is 12.2. The SMILES string of the molecule is N#CCCCc1ccccc1.N#CCCCc1ccccc1[N+](=O)[O-]. The van der Waals surface area contributed by atoms with Crippen molar-refractivity contribution in [3.05, 3.63) is 75.8 Å². The Morgan fingerprint density at radius 2 is 1.40 bits per heavy atom. The molecule has 0 heterocycles. The summed E-state index contributed by atoms with van der Waals surface area (Å²) < 4.78 is 0. The Bertz CT molecular complexity index is 731. The fraction of sp³-hybridized carbons (Fsp3) is 0.300. The first-order valence-corrected chi connectivity index (χ1v) is 8.19. The van der Waals surface area contributed by atoms with E-state index in [1.54, 1.807) is 18.2 Å². The molecule has 0 saturated carbocycles. The lowest BCUT2D eigenvalue weighted by Crippen LogP contribution is -1.94. The summed E-state index contributed by atoms with van der Waals surface area (Å²) in [5.41, 5.74) is 2.17. The van der Waals surface area contributed by atoms with E-state index in [0.717, 1.165) is 12.8 Å². The molecule has 0 saturated heterocycles. The van der Waals surface area contributed by atoms with Gasteiger partial charge in [-0.1, -0.05) is 48.5 Å². The van der Waals surface area contributed by atoms with E-state index in [-0.39, 0.29) is 10.6 Å². The molecule has 0 aliphatic heterocycles. The van der Waals surface area contributed by atoms with E-state index in [1.165, 1.54) is 11.6 Å². The second-order valence-corrected chi connectivity index (χ2v) is 5.39. The number of nitriles is 2. The highest BCUT2D eigenvalue weighted by molar-refractivity contribution is 5.39. The van der Waals surface area contributed by atoms with Gasteiger partial charge in [0, 0.05) is 24.5 Å². The molecule has 0 aliphatic carbocycles. The third-order valence-electron chi connectivity index (χ3n) is 3.52. The Labute approximate surface area is 148 Å². The zero-order valence-corrected chi connectivity index (χ0v) is 14.1. The fourth-order valence-electron chi connectivity index (χ4n) is 2.27. The molecule has 5 heteroatoms. The van der Waals surface area contributed by atoms with Gasteiger partial charge in [-0.3, -0.25) is 10.1 Å². The van der Waals surface area contributed by atoms with Crippen LogP contribution in [0.5, 0.6) is 0 Å². The van der Waals surface area contributed by atoms with Crippen LogP contribution in [0.25, 0.3) is 0 Å². The minimum atomic E-state index is -0.387. The van der Waals surface area contributed by atoms with Crippen molar-refractivity contribution in [3.8, 4) is 12.1 Å². The molecular weight excluding hydrogens is 314 g/mol. The van der Waals surface area contributed by atoms with Crippen molar-refractivity contribution >= 4 is 5.69 Å². The fourth-order valence-corrected chi connectivity index (χ4v) is 2.27. The van der Waals surface area contributed by atoms with E-state index >= 15 is 0 Å². The molecule has 0 bridgehead atoms. The average Bonchev–Trinajstić information content (AvgIpc) is 2.64. The largest absolute Gasteiger partial charge is 0.272 e. The summed E-state index contributed by atoms with van der Waals surface area (Å²) >= 11 is 0. The van der Waals surface area contributed by atoms with Crippen molar-refractivity contribution in [2.75, 3.05) is 0 Å². The van der Waals surface area contributed by atoms with Gasteiger partial charge in [-0.2, -0.15) is 10.5 Å². The summed E-state index contributed by atoms with van der Waals surface area (Å²) in [7, 11) is 0. The van der Waals surface area contributed by atoms with Gasteiger partial charge in [0.25, 0.3) is 5.69 Å². The van der Waals surface area contributed by atoms with Gasteiger partial charge in [0.2, 0.25) is 0 Å². The maximum Gasteiger partial charge on any atom is 0.272 e. The van der Waals surface area contributed by atoms with Crippen LogP contribution < -0.4 is 0 Å². The monoisotopic (exact) mass is 335 g/mol. The number of nitro groups is 1. The smallest absolute Gasteiger partial charge is 0.258 e. The minimum absolute atomic E-state index is 0.144. The molecule has 2 aromatic carbocycles. The second kappa shape index (κ2) is 12.3. The van der Waals surface area contributed by atoms with Crippen molar-refractivity contribution in [2.24, 2.45) is 0 Å². The normalized spacial score (nSPS) is 9.20. The van der Waals surface area contributed by atoms with Crippen LogP contribution >= 0.6 is 0 Å². The van der Waals surface area contributed by atoms with Crippen molar-refractivity contribution in [3.63, 3.8) is 0 Å². The van der Waals surface area contributed by atoms with E-state index < -0.39 is 0 Å². The molecule has 128 valence electrons. The van der Waals surface area contributed by atoms with Crippen LogP contribution in [0.3, 0.4) is 0 Å². The highest BCUT2D eigenvalue weighted by Gasteiger charge is 2.10. The molecule has 0 atom stereocenters. The van der Waals surface area contributed by atoms with E-state index in [4.69, 9.17) is 10.5 Å². The Kier molecular flexibility index (Phi) is 9.75. The predicted octanol–water partition coefficient (Wildman–Crippen LogP) is 4.97. The van der Waals surface area contributed by atoms with Gasteiger partial charge < -0.3 is 0 Å². The molecule has 2 aromatic rings. The maximum absolute atomic E-state index is 10.6. The van der Waals surface area contributed by atoms with Gasteiger partial charge in [-0.05, 0) is 31.2 Å². The first kappa shape index (κ1) is 19.9. The Morgan fingerprint density at radius 1 is 0.840 bits per heavy atom. The molecule has 0 fully saturated rings. The molecule has 0 amide bonds. The topological polar surface area (TPSA) is 90.7 Å². The summed E-state index contributed by atoms with van der Waals surface area (Å²) in [4.78, 5) is 10.2. The number of aryl methyl sites for hydroxylation is 2. The second-order valence-electron chi connectivity index (χ2n) is 5.39. The third kappa shape index (κ3) is 8.29. The zero-order valence-electron chi connectivity index (χ0n) is 14.1. The van der Waals surface area contributed by atoms with Crippen molar-refractivity contribution in [2.45, 2.75) is 38.5 Å². The highest BCUT2D eigenvalue weighted by Crippen LogP contribution is 2.19. The lowest BCUT2D eigenvalue weighted by molar-refractivity contribution is -0.385. The summed E-state index contributed by atoms with van der Waals surface area (Å²) in [5, 5.41) is 27.2. The van der Waals surface area contributed by atoms with Crippen LogP contribution in [-0.4, -0.2) is 4.92 Å². The summed E-state index contributed by atoms with van der Waals surface area (Å²) in [6.45, 7) is 0. The molecule has 2 rings (SSSR count). The number of benzene rings is 2. The van der Waals surface area contributed by atoms with Crippen LogP contribution in [0, 0.1) is 32.8 Å². The Hall–Kier alpha value is -3.18. The van der Waals surface area contributed by atoms with Gasteiger partial charge >= 0.3 is 0 Å². The van der Waals surface area contributed by atoms with E-state index in [2.05, 4.69) is 18.2 Å². The molecule has 25 heavy (non-hydrogen) atoms. The Morgan fingerprint density at radius 3 is 2.00 bits per heavy atom. The number of nitrogens with zero attached hydrogens (tertiary/aromatic N) is 3. The van der Waals surface area contributed by atoms with E-state index in [9.17, 15) is 10.1 Å². The standard InChI is InChI=1S/C10H10N2O2.C10H11N/c11-8-4-3-6-9-5-1-2-7-10(9)12(13)14;11-9-5-4-8-10-6-2-1-3-7-10/h1-2,5,7H,3-4,6H2;1-3,6-7H,4-5,8H2. The third-order valence-corrected chi connectivity index (χ3v) is 3.52. The van der Waals surface area contributed by atoms with Gasteiger partial charge in [0.1, 0.15) is 0 Å². The number of hydrogen-bond acceptors (Lipinski definition) is 4. The van der Waals surface area contributed by atoms with E-state index in [1.807, 2.05) is 24.3 Å². The van der Waals surface area contributed by atoms with Gasteiger partial charge in [0.15, 0.2) is 0 Å². The molecule has 0 N–H and O–H groups in total. The van der Waals surface area contributed by atoms with Crippen LogP contribution in [0.15, 0.2) is 54.6 Å². The Balaban J connectivity index is 0.000000257. The van der Waals surface area contributed by atoms with Gasteiger partial charge in [0.05, 0.1) is 17.1 Å². The number of para-hydroxylation sites is 1. The van der Waals surface area contributed by atoms with Crippen molar-refractivity contribution in [1.82, 2.24) is 0 Å². The number of rotatable bonds is 7. The molecule has 5 nitrogen and oxygen atoms in total. The average molecular weight is 335 g/mol. The van der Waals surface area contributed by atoms with Crippen LogP contribution in [0.4, 0.5) is 5.69 Å². The van der Waals surface area contributed by atoms with Gasteiger partial charge in [-0.15, -0.1) is 0 Å². The van der Waals surface area contributed by atoms with Crippen molar-refractivity contribution in [1.29, 1.82) is 10.5 Å². The lowest BCUT2D eigenvalue weighted by atomic mass is 10.1. The number of unbranched alkanes of at least 4 members (excludes halogenated alkanes) is 2. The maximum atomic E-state index is 10.6. The summed E-state index contributed by atoms with van der Waals surface area (Å²) in [5.74, 6) is 0. The molecule has 0 aromatic heterocycles. The summed E-state index contributed by atoms with van der Waals surface area (Å²) in [6.07, 6.45) is 4.35. The zero-order chi connectivity index (χ0) is 18.3. The van der Waals surface area contributed by atoms with Crippen molar-refractivity contribution < 1.29 is 4.92 Å². The number of hydrogen-bond donors (Lipinski definition) is 0. The quantitative estimate of drug-likeness (QED) is 0.405. The molecule has 0 aliphatic rings. The van der Waals surface area contributed by atoms with Crippen LogP contribution in [0.2, 0.25) is 0 Å². The molecule has 0 spiro atoms.